The van der Waals surface area contributed by atoms with Crippen molar-refractivity contribution in [3.8, 4) is 0 Å². The molecule has 0 aromatic carbocycles. The van der Waals surface area contributed by atoms with Crippen LogP contribution < -0.4 is 0 Å². The quantitative estimate of drug-likeness (QED) is 0.195. The van der Waals surface area contributed by atoms with E-state index in [-0.39, 0.29) is 57.5 Å². The van der Waals surface area contributed by atoms with Gasteiger partial charge in [-0.25, -0.2) is 4.79 Å². The summed E-state index contributed by atoms with van der Waals surface area (Å²) in [5.74, 6) is -1.25. The lowest BCUT2D eigenvalue weighted by Crippen LogP contribution is -2.58. The molecule has 4 aliphatic rings. The molecule has 200 valence electrons. The molecule has 7 unspecified atom stereocenters. The summed E-state index contributed by atoms with van der Waals surface area (Å²) in [5, 5.41) is 11.7. The summed E-state index contributed by atoms with van der Waals surface area (Å²) in [6.45, 7) is 5.42. The van der Waals surface area contributed by atoms with E-state index in [0.717, 1.165) is 30.9 Å². The fourth-order valence-corrected chi connectivity index (χ4v) is 7.91. The summed E-state index contributed by atoms with van der Waals surface area (Å²) < 4.78 is 4.93. The maximum Gasteiger partial charge on any atom is 0.534 e. The maximum atomic E-state index is 13.1. The Morgan fingerprint density at radius 2 is 1.97 bits per heavy atom. The first kappa shape index (κ1) is 27.0. The molecule has 4 aliphatic carbocycles. The van der Waals surface area contributed by atoms with Crippen LogP contribution in [0.1, 0.15) is 65.7 Å². The smallest absolute Gasteiger partial charge is 0.425 e. The van der Waals surface area contributed by atoms with Crippen LogP contribution in [0.3, 0.4) is 0 Å². The molecular weight excluding hydrogens is 478 g/mol. The fraction of sp³-hybridized carbons (Fsp3) is 0.643. The van der Waals surface area contributed by atoms with Crippen LogP contribution >= 0.6 is 0 Å². The van der Waals surface area contributed by atoms with Crippen molar-refractivity contribution in [2.45, 2.75) is 71.8 Å². The summed E-state index contributed by atoms with van der Waals surface area (Å²) in [6.07, 6.45) is 6.84. The number of hydrogen-bond donors (Lipinski definition) is 1. The van der Waals surface area contributed by atoms with E-state index in [0.29, 0.717) is 25.7 Å². The van der Waals surface area contributed by atoms with Crippen molar-refractivity contribution >= 4 is 30.0 Å². The van der Waals surface area contributed by atoms with Gasteiger partial charge in [0, 0.05) is 35.8 Å². The van der Waals surface area contributed by atoms with E-state index in [2.05, 4.69) is 24.4 Å². The highest BCUT2D eigenvalue weighted by atomic mass is 16.8. The number of aliphatic hydroxyl groups excluding tert-OH is 1. The maximum absolute atomic E-state index is 13.1. The lowest BCUT2D eigenvalue weighted by molar-refractivity contribution is -0.172. The topological polar surface area (TPSA) is 127 Å². The largest absolute Gasteiger partial charge is 0.534 e. The highest BCUT2D eigenvalue weighted by Gasteiger charge is 2.63. The van der Waals surface area contributed by atoms with Gasteiger partial charge in [0.05, 0.1) is 6.10 Å². The van der Waals surface area contributed by atoms with Gasteiger partial charge in [0.2, 0.25) is 0 Å². The number of ketones is 2. The van der Waals surface area contributed by atoms with Crippen LogP contribution in [0.2, 0.25) is 0 Å². The van der Waals surface area contributed by atoms with Crippen LogP contribution in [-0.4, -0.2) is 52.9 Å². The molecule has 3 fully saturated rings. The number of rotatable bonds is 5. The number of hydroxylamine groups is 2. The van der Waals surface area contributed by atoms with Crippen LogP contribution in [0, 0.1) is 34.5 Å². The first-order valence-electron chi connectivity index (χ1n) is 13.0. The first-order valence-corrected chi connectivity index (χ1v) is 13.0. The van der Waals surface area contributed by atoms with E-state index in [1.165, 1.54) is 6.08 Å². The van der Waals surface area contributed by atoms with Gasteiger partial charge in [0.25, 0.3) is 12.3 Å². The molecule has 2 amide bonds. The summed E-state index contributed by atoms with van der Waals surface area (Å²) in [5.41, 5.74) is 3.87. The van der Waals surface area contributed by atoms with Crippen LogP contribution in [0.4, 0.5) is 4.79 Å². The molecule has 3 saturated carbocycles. The third-order valence-electron chi connectivity index (χ3n) is 9.41. The van der Waals surface area contributed by atoms with Gasteiger partial charge < -0.3 is 9.84 Å². The highest BCUT2D eigenvalue weighted by molar-refractivity contribution is 5.94. The Kier molecular flexibility index (Phi) is 7.58. The molecular formula is C28H35NO8. The predicted octanol–water partition coefficient (Wildman–Crippen LogP) is 3.46. The minimum absolute atomic E-state index is 0.0269. The number of imide groups is 1. The molecule has 9 heteroatoms. The van der Waals surface area contributed by atoms with Gasteiger partial charge in [0.1, 0.15) is 0 Å². The number of allylic oxidation sites excluding steroid dienone is 2. The van der Waals surface area contributed by atoms with Crippen LogP contribution in [-0.2, 0) is 28.8 Å². The minimum Gasteiger partial charge on any atom is -0.425 e. The van der Waals surface area contributed by atoms with Gasteiger partial charge in [-0.3, -0.25) is 24.0 Å². The Morgan fingerprint density at radius 3 is 2.68 bits per heavy atom. The number of hydrogen-bond acceptors (Lipinski definition) is 8. The van der Waals surface area contributed by atoms with Gasteiger partial charge in [0.15, 0.2) is 18.2 Å². The fourth-order valence-electron chi connectivity index (χ4n) is 7.91. The third-order valence-corrected chi connectivity index (χ3v) is 9.41. The zero-order valence-electron chi connectivity index (χ0n) is 21.6. The second-order valence-corrected chi connectivity index (χ2v) is 11.3. The van der Waals surface area contributed by atoms with Crippen LogP contribution in [0.25, 0.3) is 0 Å². The molecule has 0 saturated heterocycles. The van der Waals surface area contributed by atoms with Gasteiger partial charge in [-0.05, 0) is 68.3 Å². The average molecular weight is 514 g/mol. The number of carbonyl (C=O) groups excluding carboxylic acids is 5. The third kappa shape index (κ3) is 4.82. The average Bonchev–Trinajstić information content (AvgIpc) is 3.22. The molecule has 0 aromatic heterocycles. The zero-order chi connectivity index (χ0) is 27.0. The Labute approximate surface area is 216 Å². The summed E-state index contributed by atoms with van der Waals surface area (Å²) in [7, 11) is 0. The second-order valence-electron chi connectivity index (χ2n) is 11.3. The molecule has 9 nitrogen and oxygen atoms in total. The summed E-state index contributed by atoms with van der Waals surface area (Å²) >= 11 is 0. The Balaban J connectivity index is 1.44. The van der Waals surface area contributed by atoms with Gasteiger partial charge in [-0.1, -0.05) is 25.0 Å². The van der Waals surface area contributed by atoms with Crippen molar-refractivity contribution < 1.29 is 38.7 Å². The monoisotopic (exact) mass is 513 g/mol. The van der Waals surface area contributed by atoms with Gasteiger partial charge in [-0.2, -0.15) is 0 Å². The lowest BCUT2D eigenvalue weighted by Gasteiger charge is -2.61. The molecule has 0 aliphatic heterocycles. The van der Waals surface area contributed by atoms with Crippen molar-refractivity contribution in [1.82, 2.24) is 5.06 Å². The summed E-state index contributed by atoms with van der Waals surface area (Å²) in [4.78, 5) is 64.5. The highest BCUT2D eigenvalue weighted by Crippen LogP contribution is 2.67. The first-order chi connectivity index (χ1) is 17.5. The molecule has 37 heavy (non-hydrogen) atoms. The van der Waals surface area contributed by atoms with E-state index in [1.54, 1.807) is 13.0 Å². The molecule has 4 rings (SSSR count). The Hall–Kier alpha value is -3.03. The van der Waals surface area contributed by atoms with Crippen molar-refractivity contribution in [3.63, 3.8) is 0 Å². The number of amides is 2. The number of carbonyl (C=O) groups is 5. The molecule has 0 heterocycles. The minimum atomic E-state index is -1.32. The lowest BCUT2D eigenvalue weighted by atomic mass is 9.43. The molecule has 0 radical (unpaired) electrons. The number of ether oxygens (including phenoxy) is 1. The normalized spacial score (nSPS) is 36.5. The van der Waals surface area contributed by atoms with E-state index in [9.17, 15) is 29.1 Å². The van der Waals surface area contributed by atoms with Crippen LogP contribution in [0.5, 0.6) is 0 Å². The van der Waals surface area contributed by atoms with E-state index in [1.807, 2.05) is 0 Å². The zero-order valence-corrected chi connectivity index (χ0v) is 21.6. The van der Waals surface area contributed by atoms with Crippen molar-refractivity contribution in [1.29, 1.82) is 0 Å². The van der Waals surface area contributed by atoms with Gasteiger partial charge in [-0.15, -0.1) is 5.73 Å². The Bertz CT molecular complexity index is 1090. The number of nitrogens with zero attached hydrogens (tertiary/aromatic N) is 1. The van der Waals surface area contributed by atoms with Crippen LogP contribution in [0.15, 0.2) is 29.5 Å². The predicted molar refractivity (Wildman–Crippen MR) is 130 cm³/mol. The second kappa shape index (κ2) is 10.4. The van der Waals surface area contributed by atoms with E-state index < -0.39 is 24.8 Å². The molecule has 0 spiro atoms. The number of fused-ring (bicyclic) bond motifs is 5. The molecule has 0 aromatic rings. The Morgan fingerprint density at radius 1 is 1.22 bits per heavy atom. The molecule has 0 bridgehead atoms. The van der Waals surface area contributed by atoms with E-state index in [4.69, 9.17) is 4.74 Å². The SMILES string of the molecule is C/C=C\C(=O)N(C=O)OC(=O)OCC(=O)C1CCC2C1CC(O)C1C3(C)CCC(=O)C=C=C3CCC21C. The van der Waals surface area contributed by atoms with Crippen molar-refractivity contribution in [2.24, 2.45) is 34.5 Å². The van der Waals surface area contributed by atoms with Gasteiger partial charge >= 0.3 is 6.16 Å². The molecule has 1 N–H and O–H groups in total. The number of aliphatic hydroxyl groups is 1. The standard InChI is InChI=1S/C28H35NO8/c1-4-5-24(34)29(16-30)37-26(35)36-15-23(33)19-8-9-21-20(19)14-22(32)25-27(2)13-11-18(31)7-6-17(27)10-12-28(21,25)3/h4-5,7,16,19-22,25,32H,8-15H2,1-3H3/b5-4-. The summed E-state index contributed by atoms with van der Waals surface area (Å²) in [6, 6.07) is 0. The van der Waals surface area contributed by atoms with Crippen molar-refractivity contribution in [3.05, 3.63) is 29.5 Å². The van der Waals surface area contributed by atoms with E-state index >= 15 is 0 Å². The number of Topliss-reactive ketones (excluding diaryl/α,β-unsaturated/α-hetero) is 1. The van der Waals surface area contributed by atoms with Crippen molar-refractivity contribution in [2.75, 3.05) is 6.61 Å². The molecule has 7 atom stereocenters.